The smallest absolute Gasteiger partial charge is 0.250 e. The van der Waals surface area contributed by atoms with Crippen molar-refractivity contribution in [3.05, 3.63) is 41.2 Å². The second kappa shape index (κ2) is 11.1. The molecule has 0 amide bonds. The van der Waals surface area contributed by atoms with E-state index in [9.17, 15) is 4.39 Å². The Morgan fingerprint density at radius 1 is 1.17 bits per heavy atom. The summed E-state index contributed by atoms with van der Waals surface area (Å²) in [7, 11) is 3.63. The average molecular weight is 497 g/mol. The van der Waals surface area contributed by atoms with Crippen LogP contribution in [0.4, 0.5) is 4.39 Å². The molecule has 9 heteroatoms. The quantitative estimate of drug-likeness (QED) is 0.413. The Bertz CT molecular complexity index is 1190. The molecule has 2 aliphatic rings. The summed E-state index contributed by atoms with van der Waals surface area (Å²) in [4.78, 5) is 6.56. The van der Waals surface area contributed by atoms with Crippen LogP contribution in [0.25, 0.3) is 16.9 Å². The van der Waals surface area contributed by atoms with Gasteiger partial charge in [0.05, 0.1) is 49.3 Å². The van der Waals surface area contributed by atoms with Crippen molar-refractivity contribution in [1.29, 1.82) is 0 Å². The van der Waals surface area contributed by atoms with Crippen molar-refractivity contribution < 1.29 is 13.9 Å². The summed E-state index contributed by atoms with van der Waals surface area (Å²) in [5, 5.41) is 9.76. The molecule has 5 rings (SSSR count). The number of fused-ring (bicyclic) bond motifs is 1. The van der Waals surface area contributed by atoms with E-state index in [-0.39, 0.29) is 5.88 Å². The van der Waals surface area contributed by atoms with Crippen LogP contribution in [0.2, 0.25) is 0 Å². The first kappa shape index (κ1) is 24.9. The molecule has 8 nitrogen and oxygen atoms in total. The maximum Gasteiger partial charge on any atom is 0.250 e. The van der Waals surface area contributed by atoms with Crippen molar-refractivity contribution in [2.75, 3.05) is 40.5 Å². The van der Waals surface area contributed by atoms with Gasteiger partial charge < -0.3 is 14.4 Å². The average Bonchev–Trinajstić information content (AvgIpc) is 3.49. The summed E-state index contributed by atoms with van der Waals surface area (Å²) in [5.74, 6) is 0.347. The molecule has 1 fully saturated rings. The topological polar surface area (TPSA) is 70.2 Å². The highest BCUT2D eigenvalue weighted by Gasteiger charge is 2.25. The third-order valence-corrected chi connectivity index (χ3v) is 7.49. The van der Waals surface area contributed by atoms with Gasteiger partial charge in [-0.1, -0.05) is 12.8 Å². The minimum absolute atomic E-state index is 0.0201. The highest BCUT2D eigenvalue weighted by Crippen LogP contribution is 2.32. The normalized spacial score (nSPS) is 18.4. The number of aromatic nitrogens is 5. The molecule has 5 heterocycles. The van der Waals surface area contributed by atoms with Gasteiger partial charge in [0.1, 0.15) is 0 Å². The van der Waals surface area contributed by atoms with E-state index < -0.39 is 5.82 Å². The maximum atomic E-state index is 14.5. The predicted octanol–water partition coefficient (Wildman–Crippen LogP) is 4.21. The molecule has 0 saturated carbocycles. The zero-order valence-electron chi connectivity index (χ0n) is 21.7. The van der Waals surface area contributed by atoms with Gasteiger partial charge >= 0.3 is 0 Å². The van der Waals surface area contributed by atoms with E-state index in [0.29, 0.717) is 25.3 Å². The molecule has 1 atom stereocenters. The van der Waals surface area contributed by atoms with E-state index in [1.165, 1.54) is 51.9 Å². The van der Waals surface area contributed by atoms with Gasteiger partial charge in [-0.2, -0.15) is 10.2 Å². The highest BCUT2D eigenvalue weighted by atomic mass is 19.1. The first-order chi connectivity index (χ1) is 17.5. The molecule has 3 aromatic rings. The summed E-state index contributed by atoms with van der Waals surface area (Å²) in [6.45, 7) is 6.70. The second-order valence-electron chi connectivity index (χ2n) is 10.1. The largest absolute Gasteiger partial charge is 0.479 e. The standard InChI is InChI=1S/C27H37FN6O2/c1-19-23(18-33(30-19)11-6-4-5-7-20-8-12-32(2)17-20)26-22-9-13-36-14-10-25(22)34(31-26)21-15-24(28)27(35-3)29-16-21/h15-16,18,20H,4-14,17H2,1-3H3. The minimum atomic E-state index is -0.505. The predicted molar refractivity (Wildman–Crippen MR) is 136 cm³/mol. The van der Waals surface area contributed by atoms with E-state index in [1.807, 2.05) is 11.6 Å². The van der Waals surface area contributed by atoms with Gasteiger partial charge in [0.15, 0.2) is 5.82 Å². The summed E-state index contributed by atoms with van der Waals surface area (Å²) < 4.78 is 29.1. The molecular weight excluding hydrogens is 459 g/mol. The van der Waals surface area contributed by atoms with E-state index in [0.717, 1.165) is 53.5 Å². The van der Waals surface area contributed by atoms with Crippen LogP contribution in [-0.4, -0.2) is 69.9 Å². The number of unbranched alkanes of at least 4 members (excludes halogenated alkanes) is 2. The zero-order valence-corrected chi connectivity index (χ0v) is 21.7. The van der Waals surface area contributed by atoms with Gasteiger partial charge in [-0.15, -0.1) is 0 Å². The Labute approximate surface area is 212 Å². The number of aryl methyl sites for hydroxylation is 2. The number of rotatable bonds is 9. The van der Waals surface area contributed by atoms with Crippen molar-refractivity contribution in [3.8, 4) is 22.8 Å². The lowest BCUT2D eigenvalue weighted by atomic mass is 10.0. The summed E-state index contributed by atoms with van der Waals surface area (Å²) in [6.07, 6.45) is 11.5. The molecular formula is C27H37FN6O2. The van der Waals surface area contributed by atoms with Gasteiger partial charge in [0.25, 0.3) is 0 Å². The first-order valence-corrected chi connectivity index (χ1v) is 13.1. The molecule has 36 heavy (non-hydrogen) atoms. The zero-order chi connectivity index (χ0) is 25.1. The summed E-state index contributed by atoms with van der Waals surface area (Å²) in [5.41, 5.74) is 5.66. The van der Waals surface area contributed by atoms with Gasteiger partial charge in [-0.3, -0.25) is 4.68 Å². The van der Waals surface area contributed by atoms with Crippen molar-refractivity contribution in [1.82, 2.24) is 29.4 Å². The molecule has 1 unspecified atom stereocenters. The number of nitrogens with zero attached hydrogens (tertiary/aromatic N) is 6. The third kappa shape index (κ3) is 5.32. The Morgan fingerprint density at radius 3 is 2.81 bits per heavy atom. The summed E-state index contributed by atoms with van der Waals surface area (Å²) in [6, 6.07) is 1.43. The van der Waals surface area contributed by atoms with Gasteiger partial charge in [0.2, 0.25) is 5.88 Å². The van der Waals surface area contributed by atoms with Gasteiger partial charge in [-0.05, 0) is 52.1 Å². The van der Waals surface area contributed by atoms with Crippen LogP contribution >= 0.6 is 0 Å². The molecule has 0 bridgehead atoms. The minimum Gasteiger partial charge on any atom is -0.479 e. The van der Waals surface area contributed by atoms with Crippen LogP contribution in [0.3, 0.4) is 0 Å². The first-order valence-electron chi connectivity index (χ1n) is 13.1. The lowest BCUT2D eigenvalue weighted by Gasteiger charge is -2.09. The lowest BCUT2D eigenvalue weighted by molar-refractivity contribution is 0.145. The fraction of sp³-hybridized carbons (Fsp3) is 0.593. The molecule has 0 aromatic carbocycles. The molecule has 0 N–H and O–H groups in total. The van der Waals surface area contributed by atoms with Crippen LogP contribution in [0.1, 0.15) is 49.1 Å². The Balaban J connectivity index is 1.32. The molecule has 3 aromatic heterocycles. The highest BCUT2D eigenvalue weighted by molar-refractivity contribution is 5.67. The van der Waals surface area contributed by atoms with Crippen molar-refractivity contribution in [2.24, 2.45) is 5.92 Å². The van der Waals surface area contributed by atoms with E-state index >= 15 is 0 Å². The van der Waals surface area contributed by atoms with Crippen LogP contribution in [0, 0.1) is 18.7 Å². The Kier molecular flexibility index (Phi) is 7.67. The summed E-state index contributed by atoms with van der Waals surface area (Å²) >= 11 is 0. The molecule has 2 aliphatic heterocycles. The van der Waals surface area contributed by atoms with Crippen LogP contribution in [0.5, 0.6) is 5.88 Å². The fourth-order valence-electron chi connectivity index (χ4n) is 5.57. The molecule has 0 spiro atoms. The van der Waals surface area contributed by atoms with E-state index in [1.54, 1.807) is 6.20 Å². The SMILES string of the molecule is COc1ncc(-n2nc(-c3cn(CCCCCC4CCN(C)C4)nc3C)c3c2CCOCC3)cc1F. The van der Waals surface area contributed by atoms with Crippen molar-refractivity contribution in [2.45, 2.75) is 58.4 Å². The number of ether oxygens (including phenoxy) is 2. The lowest BCUT2D eigenvalue weighted by Crippen LogP contribution is -2.13. The number of likely N-dealkylation sites (tertiary alicyclic amines) is 1. The Morgan fingerprint density at radius 2 is 2.03 bits per heavy atom. The number of hydrogen-bond acceptors (Lipinski definition) is 6. The van der Waals surface area contributed by atoms with Gasteiger partial charge in [-0.25, -0.2) is 14.1 Å². The third-order valence-electron chi connectivity index (χ3n) is 7.49. The molecule has 194 valence electrons. The van der Waals surface area contributed by atoms with Crippen LogP contribution < -0.4 is 4.74 Å². The van der Waals surface area contributed by atoms with E-state index in [2.05, 4.69) is 27.8 Å². The Hall–Kier alpha value is -2.78. The van der Waals surface area contributed by atoms with Crippen molar-refractivity contribution >= 4 is 0 Å². The number of hydrogen-bond donors (Lipinski definition) is 0. The second-order valence-corrected chi connectivity index (χ2v) is 10.1. The molecule has 1 saturated heterocycles. The number of methoxy groups -OCH3 is 1. The number of halogens is 1. The maximum absolute atomic E-state index is 14.5. The monoisotopic (exact) mass is 496 g/mol. The van der Waals surface area contributed by atoms with Crippen molar-refractivity contribution in [3.63, 3.8) is 0 Å². The van der Waals surface area contributed by atoms with Crippen LogP contribution in [0.15, 0.2) is 18.5 Å². The van der Waals surface area contributed by atoms with Crippen LogP contribution in [-0.2, 0) is 24.1 Å². The van der Waals surface area contributed by atoms with E-state index in [4.69, 9.17) is 19.7 Å². The number of pyridine rings is 1. The molecule has 0 radical (unpaired) electrons. The fourth-order valence-corrected chi connectivity index (χ4v) is 5.57. The molecule has 0 aliphatic carbocycles. The van der Waals surface area contributed by atoms with Gasteiger partial charge in [0, 0.05) is 42.9 Å².